The first-order valence-electron chi connectivity index (χ1n) is 6.04. The zero-order chi connectivity index (χ0) is 12.9. The molecule has 1 aromatic rings. The standard InChI is InChI=1S/C14H22FNO/c1-14(2,3)7-9-17-13-5-4-11(6-8-16)10-12(13)15/h4-5,10H,6-9,16H2,1-3H3. The highest BCUT2D eigenvalue weighted by Gasteiger charge is 2.11. The van der Waals surface area contributed by atoms with Crippen LogP contribution >= 0.6 is 0 Å². The van der Waals surface area contributed by atoms with Crippen molar-refractivity contribution < 1.29 is 9.13 Å². The maximum absolute atomic E-state index is 13.6. The van der Waals surface area contributed by atoms with Gasteiger partial charge in [0, 0.05) is 0 Å². The molecule has 0 spiro atoms. The molecule has 0 saturated heterocycles. The van der Waals surface area contributed by atoms with Crippen LogP contribution in [0.4, 0.5) is 4.39 Å². The van der Waals surface area contributed by atoms with Crippen molar-refractivity contribution in [1.82, 2.24) is 0 Å². The predicted molar refractivity (Wildman–Crippen MR) is 68.7 cm³/mol. The van der Waals surface area contributed by atoms with E-state index in [1.165, 1.54) is 6.07 Å². The van der Waals surface area contributed by atoms with Crippen molar-refractivity contribution in [3.05, 3.63) is 29.6 Å². The summed E-state index contributed by atoms with van der Waals surface area (Å²) in [4.78, 5) is 0. The molecule has 2 nitrogen and oxygen atoms in total. The summed E-state index contributed by atoms with van der Waals surface area (Å²) >= 11 is 0. The SMILES string of the molecule is CC(C)(C)CCOc1ccc(CCN)cc1F. The van der Waals surface area contributed by atoms with E-state index in [2.05, 4.69) is 20.8 Å². The lowest BCUT2D eigenvalue weighted by Crippen LogP contribution is -2.11. The van der Waals surface area contributed by atoms with Crippen molar-refractivity contribution in [3.63, 3.8) is 0 Å². The predicted octanol–water partition coefficient (Wildman–Crippen LogP) is 3.14. The summed E-state index contributed by atoms with van der Waals surface area (Å²) in [6.07, 6.45) is 1.59. The number of hydrogen-bond donors (Lipinski definition) is 1. The van der Waals surface area contributed by atoms with Gasteiger partial charge in [0.1, 0.15) is 0 Å². The molecule has 0 unspecified atom stereocenters. The molecule has 3 heteroatoms. The van der Waals surface area contributed by atoms with Gasteiger partial charge in [-0.15, -0.1) is 0 Å². The van der Waals surface area contributed by atoms with Crippen LogP contribution in [0.1, 0.15) is 32.8 Å². The molecule has 2 N–H and O–H groups in total. The first kappa shape index (κ1) is 14.0. The van der Waals surface area contributed by atoms with E-state index in [0.717, 1.165) is 12.0 Å². The molecule has 0 atom stereocenters. The molecule has 0 aliphatic heterocycles. The minimum absolute atomic E-state index is 0.204. The number of benzene rings is 1. The van der Waals surface area contributed by atoms with Gasteiger partial charge in [-0.25, -0.2) is 4.39 Å². The van der Waals surface area contributed by atoms with Gasteiger partial charge in [-0.3, -0.25) is 0 Å². The van der Waals surface area contributed by atoms with Crippen LogP contribution in [-0.4, -0.2) is 13.2 Å². The van der Waals surface area contributed by atoms with E-state index in [0.29, 0.717) is 25.3 Å². The van der Waals surface area contributed by atoms with Crippen molar-refractivity contribution in [3.8, 4) is 5.75 Å². The van der Waals surface area contributed by atoms with Gasteiger partial charge >= 0.3 is 0 Å². The van der Waals surface area contributed by atoms with Crippen LogP contribution < -0.4 is 10.5 Å². The molecule has 0 aliphatic carbocycles. The highest BCUT2D eigenvalue weighted by atomic mass is 19.1. The van der Waals surface area contributed by atoms with E-state index in [9.17, 15) is 4.39 Å². The van der Waals surface area contributed by atoms with Crippen molar-refractivity contribution in [1.29, 1.82) is 0 Å². The second kappa shape index (κ2) is 6.01. The van der Waals surface area contributed by atoms with Gasteiger partial charge in [-0.05, 0) is 42.5 Å². The van der Waals surface area contributed by atoms with Gasteiger partial charge in [0.25, 0.3) is 0 Å². The summed E-state index contributed by atoms with van der Waals surface area (Å²) in [6, 6.07) is 5.05. The molecule has 0 radical (unpaired) electrons. The number of rotatable bonds is 5. The number of nitrogens with two attached hydrogens (primary N) is 1. The summed E-state index contributed by atoms with van der Waals surface area (Å²) in [6.45, 7) is 7.48. The molecule has 0 saturated carbocycles. The van der Waals surface area contributed by atoms with E-state index < -0.39 is 0 Å². The Hall–Kier alpha value is -1.09. The van der Waals surface area contributed by atoms with Gasteiger partial charge in [-0.1, -0.05) is 26.8 Å². The van der Waals surface area contributed by atoms with Crippen LogP contribution in [0.25, 0.3) is 0 Å². The normalized spacial score (nSPS) is 11.6. The fourth-order valence-corrected chi connectivity index (χ4v) is 1.45. The lowest BCUT2D eigenvalue weighted by molar-refractivity contribution is 0.235. The summed E-state index contributed by atoms with van der Waals surface area (Å²) in [5.41, 5.74) is 6.54. The summed E-state index contributed by atoms with van der Waals surface area (Å²) < 4.78 is 19.1. The van der Waals surface area contributed by atoms with Crippen LogP contribution in [0.5, 0.6) is 5.75 Å². The first-order valence-corrected chi connectivity index (χ1v) is 6.04. The first-order chi connectivity index (χ1) is 7.92. The molecule has 1 rings (SSSR count). The maximum atomic E-state index is 13.6. The van der Waals surface area contributed by atoms with Crippen molar-refractivity contribution in [2.24, 2.45) is 11.1 Å². The molecular formula is C14H22FNO. The average molecular weight is 239 g/mol. The Balaban J connectivity index is 2.54. The van der Waals surface area contributed by atoms with Crippen LogP contribution in [0.15, 0.2) is 18.2 Å². The van der Waals surface area contributed by atoms with Crippen molar-refractivity contribution in [2.75, 3.05) is 13.2 Å². The van der Waals surface area contributed by atoms with E-state index in [1.54, 1.807) is 6.07 Å². The van der Waals surface area contributed by atoms with E-state index >= 15 is 0 Å². The zero-order valence-electron chi connectivity index (χ0n) is 10.9. The van der Waals surface area contributed by atoms with E-state index in [1.807, 2.05) is 6.07 Å². The molecular weight excluding hydrogens is 217 g/mol. The third kappa shape index (κ3) is 5.18. The topological polar surface area (TPSA) is 35.2 Å². The Kier molecular flexibility index (Phi) is 4.94. The largest absolute Gasteiger partial charge is 0.490 e. The molecule has 0 bridgehead atoms. The molecule has 0 aliphatic rings. The summed E-state index contributed by atoms with van der Waals surface area (Å²) in [7, 11) is 0. The maximum Gasteiger partial charge on any atom is 0.165 e. The summed E-state index contributed by atoms with van der Waals surface area (Å²) in [5, 5.41) is 0. The Labute approximate surface area is 103 Å². The van der Waals surface area contributed by atoms with E-state index in [4.69, 9.17) is 10.5 Å². The highest BCUT2D eigenvalue weighted by Crippen LogP contribution is 2.22. The van der Waals surface area contributed by atoms with Gasteiger partial charge in [0.05, 0.1) is 6.61 Å². The molecule has 17 heavy (non-hydrogen) atoms. The van der Waals surface area contributed by atoms with Gasteiger partial charge in [0.15, 0.2) is 11.6 Å². The average Bonchev–Trinajstić information content (AvgIpc) is 2.20. The lowest BCUT2D eigenvalue weighted by atomic mass is 9.93. The molecule has 0 heterocycles. The van der Waals surface area contributed by atoms with Gasteiger partial charge in [-0.2, -0.15) is 0 Å². The third-order valence-corrected chi connectivity index (χ3v) is 2.54. The highest BCUT2D eigenvalue weighted by molar-refractivity contribution is 5.29. The number of halogens is 1. The smallest absolute Gasteiger partial charge is 0.165 e. The second-order valence-corrected chi connectivity index (χ2v) is 5.46. The fraction of sp³-hybridized carbons (Fsp3) is 0.571. The minimum atomic E-state index is -0.301. The quantitative estimate of drug-likeness (QED) is 0.856. The minimum Gasteiger partial charge on any atom is -0.490 e. The van der Waals surface area contributed by atoms with Gasteiger partial charge < -0.3 is 10.5 Å². The number of hydrogen-bond acceptors (Lipinski definition) is 2. The van der Waals surface area contributed by atoms with Crippen LogP contribution in [0, 0.1) is 11.2 Å². The Morgan fingerprint density at radius 3 is 2.53 bits per heavy atom. The molecule has 0 fully saturated rings. The van der Waals surface area contributed by atoms with Gasteiger partial charge in [0.2, 0.25) is 0 Å². The van der Waals surface area contributed by atoms with Crippen LogP contribution in [0.3, 0.4) is 0 Å². The van der Waals surface area contributed by atoms with Crippen molar-refractivity contribution >= 4 is 0 Å². The Morgan fingerprint density at radius 2 is 2.00 bits per heavy atom. The summed E-state index contributed by atoms with van der Waals surface area (Å²) in [5.74, 6) is 0.0277. The Bertz CT molecular complexity index is 358. The third-order valence-electron chi connectivity index (χ3n) is 2.54. The number of ether oxygens (including phenoxy) is 1. The fourth-order valence-electron chi connectivity index (χ4n) is 1.45. The zero-order valence-corrected chi connectivity index (χ0v) is 10.9. The Morgan fingerprint density at radius 1 is 1.29 bits per heavy atom. The molecule has 1 aromatic carbocycles. The molecule has 96 valence electrons. The molecule has 0 amide bonds. The lowest BCUT2D eigenvalue weighted by Gasteiger charge is -2.18. The van der Waals surface area contributed by atoms with E-state index in [-0.39, 0.29) is 11.2 Å². The van der Waals surface area contributed by atoms with Crippen LogP contribution in [0.2, 0.25) is 0 Å². The van der Waals surface area contributed by atoms with Crippen LogP contribution in [-0.2, 0) is 6.42 Å². The molecule has 0 aromatic heterocycles. The monoisotopic (exact) mass is 239 g/mol. The second-order valence-electron chi connectivity index (χ2n) is 5.46. The van der Waals surface area contributed by atoms with Crippen molar-refractivity contribution in [2.45, 2.75) is 33.6 Å².